The standard InChI is InChI=1S/C14H16O4/c1-2-9-7-16-14(11(9)6-15)10-3-4-12-13(5-10)18-8-17-12/h2-5,9,11,14-15H,1,6-8H2/t9-,11-,14+/m0/s1. The van der Waals surface area contributed by atoms with Crippen LogP contribution in [0.25, 0.3) is 0 Å². The second-order valence-electron chi connectivity index (χ2n) is 4.61. The molecule has 2 heterocycles. The Morgan fingerprint density at radius 2 is 2.17 bits per heavy atom. The average molecular weight is 248 g/mol. The van der Waals surface area contributed by atoms with E-state index in [9.17, 15) is 5.11 Å². The van der Waals surface area contributed by atoms with Gasteiger partial charge < -0.3 is 19.3 Å². The molecule has 0 radical (unpaired) electrons. The van der Waals surface area contributed by atoms with E-state index in [0.717, 1.165) is 17.1 Å². The van der Waals surface area contributed by atoms with E-state index in [4.69, 9.17) is 14.2 Å². The van der Waals surface area contributed by atoms with Gasteiger partial charge in [0, 0.05) is 18.4 Å². The van der Waals surface area contributed by atoms with Crippen LogP contribution in [0.15, 0.2) is 30.9 Å². The minimum Gasteiger partial charge on any atom is -0.454 e. The van der Waals surface area contributed by atoms with E-state index in [1.165, 1.54) is 0 Å². The minimum atomic E-state index is -0.104. The van der Waals surface area contributed by atoms with Crippen LogP contribution in [0.4, 0.5) is 0 Å². The quantitative estimate of drug-likeness (QED) is 0.830. The molecule has 1 fully saturated rings. The zero-order valence-electron chi connectivity index (χ0n) is 10.0. The van der Waals surface area contributed by atoms with Gasteiger partial charge in [-0.1, -0.05) is 12.1 Å². The van der Waals surface area contributed by atoms with E-state index in [-0.39, 0.29) is 31.3 Å². The molecular formula is C14H16O4. The molecule has 4 heteroatoms. The molecule has 0 aliphatic carbocycles. The topological polar surface area (TPSA) is 47.9 Å². The lowest BCUT2D eigenvalue weighted by molar-refractivity contribution is 0.0718. The smallest absolute Gasteiger partial charge is 0.231 e. The lowest BCUT2D eigenvalue weighted by Crippen LogP contribution is -2.17. The highest BCUT2D eigenvalue weighted by molar-refractivity contribution is 5.45. The Balaban J connectivity index is 1.88. The molecule has 1 saturated heterocycles. The summed E-state index contributed by atoms with van der Waals surface area (Å²) >= 11 is 0. The Labute approximate surface area is 106 Å². The molecule has 0 spiro atoms. The summed E-state index contributed by atoms with van der Waals surface area (Å²) in [5, 5.41) is 9.51. The summed E-state index contributed by atoms with van der Waals surface area (Å²) in [5.41, 5.74) is 1.02. The molecule has 1 N–H and O–H groups in total. The largest absolute Gasteiger partial charge is 0.454 e. The molecule has 0 saturated carbocycles. The molecular weight excluding hydrogens is 232 g/mol. The van der Waals surface area contributed by atoms with Crippen molar-refractivity contribution < 1.29 is 19.3 Å². The summed E-state index contributed by atoms with van der Waals surface area (Å²) in [6.45, 7) is 4.76. The van der Waals surface area contributed by atoms with E-state index in [1.807, 2.05) is 24.3 Å². The number of rotatable bonds is 3. The normalized spacial score (nSPS) is 29.5. The third kappa shape index (κ3) is 1.78. The molecule has 0 amide bonds. The molecule has 18 heavy (non-hydrogen) atoms. The zero-order valence-corrected chi connectivity index (χ0v) is 10.0. The van der Waals surface area contributed by atoms with Gasteiger partial charge in [0.05, 0.1) is 12.7 Å². The van der Waals surface area contributed by atoms with Gasteiger partial charge in [-0.3, -0.25) is 0 Å². The number of benzene rings is 1. The van der Waals surface area contributed by atoms with Crippen LogP contribution in [-0.4, -0.2) is 25.1 Å². The number of fused-ring (bicyclic) bond motifs is 1. The molecule has 2 aliphatic rings. The predicted octanol–water partition coefficient (Wildman–Crippen LogP) is 1.90. The fourth-order valence-electron chi connectivity index (χ4n) is 2.59. The van der Waals surface area contributed by atoms with Crippen LogP contribution in [0.5, 0.6) is 11.5 Å². The molecule has 3 rings (SSSR count). The van der Waals surface area contributed by atoms with Gasteiger partial charge in [-0.05, 0) is 17.7 Å². The minimum absolute atomic E-state index is 0.0582. The van der Waals surface area contributed by atoms with Crippen LogP contribution < -0.4 is 9.47 Å². The van der Waals surface area contributed by atoms with E-state index >= 15 is 0 Å². The van der Waals surface area contributed by atoms with Crippen molar-refractivity contribution in [1.29, 1.82) is 0 Å². The maximum Gasteiger partial charge on any atom is 0.231 e. The van der Waals surface area contributed by atoms with Gasteiger partial charge in [-0.2, -0.15) is 0 Å². The van der Waals surface area contributed by atoms with Crippen molar-refractivity contribution in [2.45, 2.75) is 6.10 Å². The first-order valence-electron chi connectivity index (χ1n) is 6.08. The lowest BCUT2D eigenvalue weighted by atomic mass is 9.88. The highest BCUT2D eigenvalue weighted by atomic mass is 16.7. The summed E-state index contributed by atoms with van der Waals surface area (Å²) in [5.74, 6) is 1.76. The van der Waals surface area contributed by atoms with Crippen molar-refractivity contribution in [3.63, 3.8) is 0 Å². The van der Waals surface area contributed by atoms with Gasteiger partial charge >= 0.3 is 0 Å². The Morgan fingerprint density at radius 1 is 1.33 bits per heavy atom. The highest BCUT2D eigenvalue weighted by Crippen LogP contribution is 2.42. The second-order valence-corrected chi connectivity index (χ2v) is 4.61. The Kier molecular flexibility index (Phi) is 2.97. The summed E-state index contributed by atoms with van der Waals surface area (Å²) in [6.07, 6.45) is 1.75. The SMILES string of the molecule is C=C[C@H]1CO[C@H](c2ccc3c(c2)OCO3)[C@H]1CO. The van der Waals surface area contributed by atoms with E-state index in [0.29, 0.717) is 6.61 Å². The van der Waals surface area contributed by atoms with Crippen LogP contribution in [0.1, 0.15) is 11.7 Å². The second kappa shape index (κ2) is 4.63. The van der Waals surface area contributed by atoms with Gasteiger partial charge in [0.15, 0.2) is 11.5 Å². The van der Waals surface area contributed by atoms with Crippen LogP contribution in [0, 0.1) is 11.8 Å². The fourth-order valence-corrected chi connectivity index (χ4v) is 2.59. The van der Waals surface area contributed by atoms with Gasteiger partial charge in [0.1, 0.15) is 0 Å². The summed E-state index contributed by atoms with van der Waals surface area (Å²) in [7, 11) is 0. The van der Waals surface area contributed by atoms with Crippen molar-refractivity contribution in [3.05, 3.63) is 36.4 Å². The maximum absolute atomic E-state index is 9.51. The van der Waals surface area contributed by atoms with Crippen molar-refractivity contribution in [2.24, 2.45) is 11.8 Å². The van der Waals surface area contributed by atoms with Gasteiger partial charge in [0.2, 0.25) is 6.79 Å². The molecule has 0 aromatic heterocycles. The first-order valence-corrected chi connectivity index (χ1v) is 6.08. The molecule has 1 aromatic rings. The van der Waals surface area contributed by atoms with Crippen LogP contribution in [-0.2, 0) is 4.74 Å². The summed E-state index contributed by atoms with van der Waals surface area (Å²) in [6, 6.07) is 5.78. The van der Waals surface area contributed by atoms with Crippen LogP contribution in [0.2, 0.25) is 0 Å². The van der Waals surface area contributed by atoms with Crippen molar-refractivity contribution in [2.75, 3.05) is 20.0 Å². The molecule has 3 atom stereocenters. The number of aliphatic hydroxyl groups excluding tert-OH is 1. The van der Waals surface area contributed by atoms with E-state index < -0.39 is 0 Å². The zero-order chi connectivity index (χ0) is 12.5. The molecule has 2 aliphatic heterocycles. The first kappa shape index (κ1) is 11.6. The molecule has 0 bridgehead atoms. The number of hydrogen-bond acceptors (Lipinski definition) is 4. The highest BCUT2D eigenvalue weighted by Gasteiger charge is 2.36. The molecule has 4 nitrogen and oxygen atoms in total. The fraction of sp³-hybridized carbons (Fsp3) is 0.429. The van der Waals surface area contributed by atoms with Gasteiger partial charge in [-0.15, -0.1) is 6.58 Å². The third-order valence-corrected chi connectivity index (χ3v) is 3.65. The van der Waals surface area contributed by atoms with Gasteiger partial charge in [-0.25, -0.2) is 0 Å². The van der Waals surface area contributed by atoms with Crippen molar-refractivity contribution >= 4 is 0 Å². The Hall–Kier alpha value is -1.52. The lowest BCUT2D eigenvalue weighted by Gasteiger charge is -2.19. The van der Waals surface area contributed by atoms with E-state index in [2.05, 4.69) is 6.58 Å². The van der Waals surface area contributed by atoms with Gasteiger partial charge in [0.25, 0.3) is 0 Å². The Bertz CT molecular complexity index is 457. The summed E-state index contributed by atoms with van der Waals surface area (Å²) in [4.78, 5) is 0. The monoisotopic (exact) mass is 248 g/mol. The van der Waals surface area contributed by atoms with Crippen molar-refractivity contribution in [3.8, 4) is 11.5 Å². The molecule has 1 aromatic carbocycles. The van der Waals surface area contributed by atoms with Crippen LogP contribution >= 0.6 is 0 Å². The third-order valence-electron chi connectivity index (χ3n) is 3.65. The number of ether oxygens (including phenoxy) is 3. The first-order chi connectivity index (χ1) is 8.83. The average Bonchev–Trinajstić information content (AvgIpc) is 3.03. The maximum atomic E-state index is 9.51. The Morgan fingerprint density at radius 3 is 2.94 bits per heavy atom. The molecule has 96 valence electrons. The predicted molar refractivity (Wildman–Crippen MR) is 65.5 cm³/mol. The molecule has 0 unspecified atom stereocenters. The van der Waals surface area contributed by atoms with Crippen molar-refractivity contribution in [1.82, 2.24) is 0 Å². The van der Waals surface area contributed by atoms with E-state index in [1.54, 1.807) is 0 Å². The number of aliphatic hydroxyl groups is 1. The van der Waals surface area contributed by atoms with Crippen LogP contribution in [0.3, 0.4) is 0 Å². The summed E-state index contributed by atoms with van der Waals surface area (Å²) < 4.78 is 16.4. The number of hydrogen-bond donors (Lipinski definition) is 1.